The molecule has 6 rings (SSSR count). The normalized spacial score (nSPS) is 32.0. The molecule has 0 saturated carbocycles. The van der Waals surface area contributed by atoms with E-state index in [0.717, 1.165) is 35.3 Å². The maximum Gasteiger partial charge on any atom is 0.252 e. The number of hydrogen-bond acceptors (Lipinski definition) is 11. The molecular weight excluding hydrogens is 468 g/mol. The molecular formula is C23H28N8O5. The first-order valence-corrected chi connectivity index (χ1v) is 12.1. The minimum atomic E-state index is -2.59. The van der Waals surface area contributed by atoms with Crippen molar-refractivity contribution in [2.45, 2.75) is 61.7 Å². The number of aliphatic hydroxyl groups is 2. The molecule has 0 aromatic heterocycles. The Hall–Kier alpha value is -3.71. The lowest BCUT2D eigenvalue weighted by Gasteiger charge is -2.49. The second kappa shape index (κ2) is 7.64. The smallest absolute Gasteiger partial charge is 0.252 e. The van der Waals surface area contributed by atoms with E-state index in [1.54, 1.807) is 6.07 Å². The lowest BCUT2D eigenvalue weighted by Crippen LogP contribution is -2.78. The van der Waals surface area contributed by atoms with E-state index in [0.29, 0.717) is 5.56 Å². The van der Waals surface area contributed by atoms with E-state index in [-0.39, 0.29) is 49.7 Å². The maximum atomic E-state index is 13.3. The average Bonchev–Trinajstić information content (AvgIpc) is 3.57. The number of carbonyl (C=O) groups excluding carboxylic acids is 3. The Bertz CT molecular complexity index is 1230. The van der Waals surface area contributed by atoms with E-state index < -0.39 is 35.5 Å². The summed E-state index contributed by atoms with van der Waals surface area (Å²) >= 11 is 0. The Balaban J connectivity index is 1.32. The van der Waals surface area contributed by atoms with Crippen LogP contribution >= 0.6 is 0 Å². The lowest BCUT2D eigenvalue weighted by molar-refractivity contribution is -0.230. The van der Waals surface area contributed by atoms with Crippen molar-refractivity contribution in [2.24, 2.45) is 21.5 Å². The van der Waals surface area contributed by atoms with Crippen LogP contribution in [0.1, 0.15) is 40.7 Å². The van der Waals surface area contributed by atoms with E-state index >= 15 is 0 Å². The van der Waals surface area contributed by atoms with Crippen molar-refractivity contribution in [3.63, 3.8) is 0 Å². The van der Waals surface area contributed by atoms with Gasteiger partial charge in [0, 0.05) is 24.9 Å². The fraction of sp³-hybridized carbons (Fsp3) is 0.522. The van der Waals surface area contributed by atoms with Crippen LogP contribution in [0.3, 0.4) is 0 Å². The van der Waals surface area contributed by atoms with Crippen LogP contribution in [-0.4, -0.2) is 92.3 Å². The summed E-state index contributed by atoms with van der Waals surface area (Å²) in [6.45, 7) is -0.204. The number of amides is 3. The highest BCUT2D eigenvalue weighted by Gasteiger charge is 2.73. The largest absolute Gasteiger partial charge is 0.370 e. The van der Waals surface area contributed by atoms with Crippen LogP contribution in [-0.2, 0) is 22.4 Å². The quantitative estimate of drug-likeness (QED) is 0.187. The zero-order valence-electron chi connectivity index (χ0n) is 19.5. The van der Waals surface area contributed by atoms with E-state index in [9.17, 15) is 24.6 Å². The first-order chi connectivity index (χ1) is 17.1. The van der Waals surface area contributed by atoms with Crippen molar-refractivity contribution < 1.29 is 24.6 Å². The molecule has 190 valence electrons. The van der Waals surface area contributed by atoms with Gasteiger partial charge in [-0.3, -0.25) is 19.3 Å². The summed E-state index contributed by atoms with van der Waals surface area (Å²) in [6, 6.07) is 2.50. The van der Waals surface area contributed by atoms with Crippen molar-refractivity contribution in [2.75, 3.05) is 13.1 Å². The standard InChI is InChI=1S/C23H28N8O5/c24-20-28-18-14(9-30-16(32)7-8-17(30)33)26-21(25)31-10-15(23(35,36)22(18,31)29-20)27-19(34)13-6-2-4-11-3-1-5-12(11)13/h2,4,6,14-15,18,35-36H,1,3,5,7-10H2,(H2,25,26)(H,27,34)(H3,24,28,29)/t14-,15-,18-,22-/m0/s1. The molecule has 5 aliphatic rings. The van der Waals surface area contributed by atoms with E-state index in [1.165, 1.54) is 4.90 Å². The number of likely N-dealkylation sites (tertiary alicyclic amines) is 1. The summed E-state index contributed by atoms with van der Waals surface area (Å²) in [7, 11) is 0. The van der Waals surface area contributed by atoms with Crippen molar-refractivity contribution in [1.82, 2.24) is 20.4 Å². The molecule has 1 aliphatic carbocycles. The molecule has 1 spiro atoms. The number of guanidine groups is 2. The zero-order chi connectivity index (χ0) is 25.4. The van der Waals surface area contributed by atoms with Crippen LogP contribution in [0, 0.1) is 0 Å². The van der Waals surface area contributed by atoms with Gasteiger partial charge in [0.2, 0.25) is 17.6 Å². The third-order valence-electron chi connectivity index (χ3n) is 8.02. The molecule has 0 radical (unpaired) electrons. The number of benzene rings is 1. The molecule has 0 bridgehead atoms. The Labute approximate surface area is 206 Å². The highest BCUT2D eigenvalue weighted by atomic mass is 16.5. The summed E-state index contributed by atoms with van der Waals surface area (Å²) in [5, 5.41) is 28.8. The predicted molar refractivity (Wildman–Crippen MR) is 126 cm³/mol. The molecule has 13 heteroatoms. The molecule has 0 unspecified atom stereocenters. The number of nitrogens with two attached hydrogens (primary N) is 2. The monoisotopic (exact) mass is 496 g/mol. The lowest BCUT2D eigenvalue weighted by atomic mass is 9.84. The second-order valence-electron chi connectivity index (χ2n) is 9.96. The zero-order valence-corrected chi connectivity index (χ0v) is 19.5. The van der Waals surface area contributed by atoms with Crippen LogP contribution < -0.4 is 22.1 Å². The van der Waals surface area contributed by atoms with Crippen LogP contribution in [0.25, 0.3) is 0 Å². The van der Waals surface area contributed by atoms with Gasteiger partial charge in [0.1, 0.15) is 12.1 Å². The number of rotatable bonds is 4. The van der Waals surface area contributed by atoms with Crippen molar-refractivity contribution in [1.29, 1.82) is 0 Å². The van der Waals surface area contributed by atoms with E-state index in [1.807, 2.05) is 12.1 Å². The third-order valence-corrected chi connectivity index (χ3v) is 8.02. The molecule has 8 N–H and O–H groups in total. The Morgan fingerprint density at radius 2 is 1.89 bits per heavy atom. The summed E-state index contributed by atoms with van der Waals surface area (Å²) < 4.78 is 0. The fourth-order valence-electron chi connectivity index (χ4n) is 6.32. The van der Waals surface area contributed by atoms with Crippen LogP contribution in [0.4, 0.5) is 0 Å². The Morgan fingerprint density at radius 1 is 1.14 bits per heavy atom. The molecule has 1 aromatic rings. The molecule has 4 aliphatic heterocycles. The van der Waals surface area contributed by atoms with Crippen LogP contribution in [0.2, 0.25) is 0 Å². The predicted octanol–water partition coefficient (Wildman–Crippen LogP) is -2.90. The molecule has 36 heavy (non-hydrogen) atoms. The average molecular weight is 497 g/mol. The topological polar surface area (TPSA) is 199 Å². The first-order valence-electron chi connectivity index (χ1n) is 12.1. The van der Waals surface area contributed by atoms with Gasteiger partial charge in [-0.05, 0) is 36.5 Å². The number of aryl methyl sites for hydroxylation is 1. The summed E-state index contributed by atoms with van der Waals surface area (Å²) in [4.78, 5) is 49.1. The highest BCUT2D eigenvalue weighted by Crippen LogP contribution is 2.45. The number of carbonyl (C=O) groups is 3. The molecule has 2 fully saturated rings. The summed E-state index contributed by atoms with van der Waals surface area (Å²) in [5.74, 6) is -3.80. The second-order valence-corrected chi connectivity index (χ2v) is 9.96. The van der Waals surface area contributed by atoms with Gasteiger partial charge in [0.05, 0.1) is 12.6 Å². The number of fused-ring (bicyclic) bond motifs is 1. The molecule has 13 nitrogen and oxygen atoms in total. The van der Waals surface area contributed by atoms with Gasteiger partial charge in [-0.1, -0.05) is 12.1 Å². The highest BCUT2D eigenvalue weighted by molar-refractivity contribution is 6.02. The van der Waals surface area contributed by atoms with Gasteiger partial charge in [-0.25, -0.2) is 9.98 Å². The number of nitrogens with zero attached hydrogens (tertiary/aromatic N) is 4. The van der Waals surface area contributed by atoms with Crippen LogP contribution in [0.15, 0.2) is 28.2 Å². The molecule has 1 aromatic carbocycles. The SMILES string of the molecule is NC1=N[C@H]2[C@H](CN3C(=O)CCC3=O)N=C(N)N3C[C@H](NC(=O)c4cccc5c4CCC5)C(O)(O)[C@]23N1. The number of nitrogens with one attached hydrogen (secondary N) is 2. The number of hydrogen-bond donors (Lipinski definition) is 6. The van der Waals surface area contributed by atoms with Crippen LogP contribution in [0.5, 0.6) is 0 Å². The van der Waals surface area contributed by atoms with Gasteiger partial charge < -0.3 is 37.2 Å². The van der Waals surface area contributed by atoms with Gasteiger partial charge in [0.25, 0.3) is 5.91 Å². The minimum absolute atomic E-state index is 0.0439. The van der Waals surface area contributed by atoms with Crippen molar-refractivity contribution in [3.8, 4) is 0 Å². The van der Waals surface area contributed by atoms with E-state index in [4.69, 9.17) is 11.5 Å². The van der Waals surface area contributed by atoms with Crippen molar-refractivity contribution >= 4 is 29.6 Å². The Morgan fingerprint density at radius 3 is 2.64 bits per heavy atom. The van der Waals surface area contributed by atoms with E-state index in [2.05, 4.69) is 20.6 Å². The first kappa shape index (κ1) is 22.7. The molecule has 2 saturated heterocycles. The Kier molecular flexibility index (Phi) is 4.83. The van der Waals surface area contributed by atoms with Gasteiger partial charge in [0.15, 0.2) is 17.6 Å². The van der Waals surface area contributed by atoms with Gasteiger partial charge in [-0.2, -0.15) is 0 Å². The van der Waals surface area contributed by atoms with Crippen molar-refractivity contribution in [3.05, 3.63) is 34.9 Å². The molecule has 3 amide bonds. The van der Waals surface area contributed by atoms with Gasteiger partial charge in [-0.15, -0.1) is 0 Å². The fourth-order valence-corrected chi connectivity index (χ4v) is 6.32. The number of aliphatic imine (C=N–C) groups is 2. The molecule has 4 atom stereocenters. The summed E-state index contributed by atoms with van der Waals surface area (Å²) in [5.41, 5.74) is 13.1. The number of imide groups is 1. The summed E-state index contributed by atoms with van der Waals surface area (Å²) in [6.07, 6.45) is 2.86. The molecule has 4 heterocycles. The van der Waals surface area contributed by atoms with Gasteiger partial charge >= 0.3 is 0 Å². The third kappa shape index (κ3) is 2.99. The minimum Gasteiger partial charge on any atom is -0.370 e. The maximum absolute atomic E-state index is 13.3.